The monoisotopic (exact) mass is 328 g/mol. The van der Waals surface area contributed by atoms with Gasteiger partial charge < -0.3 is 9.84 Å². The van der Waals surface area contributed by atoms with E-state index in [1.807, 2.05) is 31.2 Å². The van der Waals surface area contributed by atoms with Crippen LogP contribution in [-0.2, 0) is 4.79 Å². The van der Waals surface area contributed by atoms with Gasteiger partial charge in [0, 0.05) is 0 Å². The lowest BCUT2D eigenvalue weighted by atomic mass is 9.72. The fraction of sp³-hybridized carbons (Fsp3) is 0.571. The summed E-state index contributed by atoms with van der Waals surface area (Å²) in [5.41, 5.74) is 3.04. The Bertz CT molecular complexity index is 594. The lowest BCUT2D eigenvalue weighted by Gasteiger charge is -2.33. The summed E-state index contributed by atoms with van der Waals surface area (Å²) in [4.78, 5) is 10.8. The quantitative estimate of drug-likeness (QED) is 0.719. The number of carbonyl (C=O) groups is 1. The SMILES string of the molecule is C[C@@H](CC(=O)O)c1ccc(OCC2=CCC3(CCCCC3)C2)cc1. The topological polar surface area (TPSA) is 46.5 Å². The zero-order valence-corrected chi connectivity index (χ0v) is 14.6. The first-order valence-electron chi connectivity index (χ1n) is 9.19. The van der Waals surface area contributed by atoms with E-state index in [-0.39, 0.29) is 12.3 Å². The van der Waals surface area contributed by atoms with Crippen molar-refractivity contribution in [2.24, 2.45) is 5.41 Å². The fourth-order valence-corrected chi connectivity index (χ4v) is 4.23. The second-order valence-electron chi connectivity index (χ2n) is 7.66. The summed E-state index contributed by atoms with van der Waals surface area (Å²) in [6, 6.07) is 7.88. The molecule has 0 unspecified atom stereocenters. The first-order chi connectivity index (χ1) is 11.6. The van der Waals surface area contributed by atoms with E-state index in [4.69, 9.17) is 9.84 Å². The molecule has 2 aliphatic carbocycles. The van der Waals surface area contributed by atoms with Crippen LogP contribution in [0.4, 0.5) is 0 Å². The minimum absolute atomic E-state index is 0.0280. The van der Waals surface area contributed by atoms with Gasteiger partial charge in [-0.25, -0.2) is 0 Å². The van der Waals surface area contributed by atoms with Crippen LogP contribution in [0.25, 0.3) is 0 Å². The molecule has 24 heavy (non-hydrogen) atoms. The molecule has 3 heteroatoms. The number of hydrogen-bond donors (Lipinski definition) is 1. The smallest absolute Gasteiger partial charge is 0.303 e. The van der Waals surface area contributed by atoms with Gasteiger partial charge in [0.05, 0.1) is 6.42 Å². The average molecular weight is 328 g/mol. The minimum Gasteiger partial charge on any atom is -0.489 e. The number of aliphatic carboxylic acids is 1. The second kappa shape index (κ2) is 7.42. The highest BCUT2D eigenvalue weighted by Crippen LogP contribution is 2.48. The Morgan fingerprint density at radius 1 is 1.21 bits per heavy atom. The van der Waals surface area contributed by atoms with Gasteiger partial charge in [0.1, 0.15) is 12.4 Å². The molecule has 0 heterocycles. The molecule has 0 aliphatic heterocycles. The molecule has 0 bridgehead atoms. The van der Waals surface area contributed by atoms with Crippen LogP contribution >= 0.6 is 0 Å². The highest BCUT2D eigenvalue weighted by Gasteiger charge is 2.35. The third kappa shape index (κ3) is 4.19. The Labute approximate surface area is 144 Å². The maximum atomic E-state index is 10.8. The first-order valence-corrected chi connectivity index (χ1v) is 9.19. The summed E-state index contributed by atoms with van der Waals surface area (Å²) in [6.07, 6.45) is 11.9. The van der Waals surface area contributed by atoms with Gasteiger partial charge in [-0.15, -0.1) is 0 Å². The van der Waals surface area contributed by atoms with Gasteiger partial charge in [-0.05, 0) is 60.3 Å². The summed E-state index contributed by atoms with van der Waals surface area (Å²) in [5, 5.41) is 8.88. The number of allylic oxidation sites excluding steroid dienone is 1. The number of hydrogen-bond acceptors (Lipinski definition) is 2. The molecule has 1 atom stereocenters. The average Bonchev–Trinajstić information content (AvgIpc) is 2.96. The van der Waals surface area contributed by atoms with Crippen molar-refractivity contribution in [1.29, 1.82) is 0 Å². The van der Waals surface area contributed by atoms with Crippen LogP contribution in [0.2, 0.25) is 0 Å². The number of benzene rings is 1. The molecule has 3 rings (SSSR count). The van der Waals surface area contributed by atoms with Gasteiger partial charge in [-0.2, -0.15) is 0 Å². The van der Waals surface area contributed by atoms with Crippen LogP contribution in [-0.4, -0.2) is 17.7 Å². The lowest BCUT2D eigenvalue weighted by Crippen LogP contribution is -2.21. The van der Waals surface area contributed by atoms with Crippen LogP contribution in [0.15, 0.2) is 35.9 Å². The molecule has 1 N–H and O–H groups in total. The fourth-order valence-electron chi connectivity index (χ4n) is 4.23. The third-order valence-electron chi connectivity index (χ3n) is 5.69. The molecule has 0 saturated heterocycles. The highest BCUT2D eigenvalue weighted by molar-refractivity contribution is 5.67. The van der Waals surface area contributed by atoms with Gasteiger partial charge in [-0.3, -0.25) is 4.79 Å². The molecular formula is C21H28O3. The maximum absolute atomic E-state index is 10.8. The van der Waals surface area contributed by atoms with Gasteiger partial charge in [0.25, 0.3) is 0 Å². The van der Waals surface area contributed by atoms with E-state index < -0.39 is 5.97 Å². The molecule has 1 aromatic carbocycles. The molecule has 1 saturated carbocycles. The van der Waals surface area contributed by atoms with Gasteiger partial charge in [0.2, 0.25) is 0 Å². The van der Waals surface area contributed by atoms with Gasteiger partial charge in [0.15, 0.2) is 0 Å². The summed E-state index contributed by atoms with van der Waals surface area (Å²) in [5.74, 6) is 0.139. The number of carboxylic acid groups (broad SMARTS) is 1. The summed E-state index contributed by atoms with van der Waals surface area (Å²) < 4.78 is 5.96. The van der Waals surface area contributed by atoms with Crippen LogP contribution < -0.4 is 4.74 Å². The normalized spacial score (nSPS) is 20.6. The van der Waals surface area contributed by atoms with Crippen LogP contribution in [0.5, 0.6) is 5.75 Å². The maximum Gasteiger partial charge on any atom is 0.303 e. The summed E-state index contributed by atoms with van der Waals surface area (Å²) >= 11 is 0. The molecule has 0 radical (unpaired) electrons. The summed E-state index contributed by atoms with van der Waals surface area (Å²) in [7, 11) is 0. The van der Waals surface area contributed by atoms with Crippen LogP contribution in [0.1, 0.15) is 69.8 Å². The largest absolute Gasteiger partial charge is 0.489 e. The van der Waals surface area contributed by atoms with E-state index in [0.29, 0.717) is 12.0 Å². The summed E-state index contributed by atoms with van der Waals surface area (Å²) in [6.45, 7) is 2.63. The van der Waals surface area contributed by atoms with Gasteiger partial charge >= 0.3 is 5.97 Å². The van der Waals surface area contributed by atoms with Crippen molar-refractivity contribution in [3.63, 3.8) is 0 Å². The van der Waals surface area contributed by atoms with E-state index in [1.54, 1.807) is 0 Å². The van der Waals surface area contributed by atoms with Crippen molar-refractivity contribution in [1.82, 2.24) is 0 Å². The molecule has 1 spiro atoms. The number of rotatable bonds is 6. The molecule has 0 aromatic heterocycles. The Morgan fingerprint density at radius 3 is 2.58 bits per heavy atom. The predicted octanol–water partition coefficient (Wildman–Crippen LogP) is 5.31. The number of carboxylic acids is 1. The van der Waals surface area contributed by atoms with Gasteiger partial charge in [-0.1, -0.05) is 44.4 Å². The Kier molecular flexibility index (Phi) is 5.27. The third-order valence-corrected chi connectivity index (χ3v) is 5.69. The van der Waals surface area contributed by atoms with E-state index in [9.17, 15) is 4.79 Å². The Morgan fingerprint density at radius 2 is 1.92 bits per heavy atom. The lowest BCUT2D eigenvalue weighted by molar-refractivity contribution is -0.137. The van der Waals surface area contributed by atoms with Crippen molar-refractivity contribution < 1.29 is 14.6 Å². The van der Waals surface area contributed by atoms with E-state index in [0.717, 1.165) is 11.3 Å². The zero-order chi connectivity index (χ0) is 17.0. The Hall–Kier alpha value is -1.77. The van der Waals surface area contributed by atoms with Crippen molar-refractivity contribution in [2.45, 2.75) is 64.2 Å². The molecule has 2 aliphatic rings. The van der Waals surface area contributed by atoms with E-state index in [2.05, 4.69) is 6.08 Å². The zero-order valence-electron chi connectivity index (χ0n) is 14.6. The van der Waals surface area contributed by atoms with Crippen LogP contribution in [0.3, 0.4) is 0 Å². The number of ether oxygens (including phenoxy) is 1. The molecule has 3 nitrogen and oxygen atoms in total. The Balaban J connectivity index is 1.49. The molecule has 1 aromatic rings. The van der Waals surface area contributed by atoms with Crippen molar-refractivity contribution >= 4 is 5.97 Å². The van der Waals surface area contributed by atoms with Crippen molar-refractivity contribution in [2.75, 3.05) is 6.61 Å². The molecule has 1 fully saturated rings. The van der Waals surface area contributed by atoms with Crippen LogP contribution in [0, 0.1) is 5.41 Å². The van der Waals surface area contributed by atoms with E-state index in [1.165, 1.54) is 50.5 Å². The van der Waals surface area contributed by atoms with Crippen molar-refractivity contribution in [3.05, 3.63) is 41.5 Å². The standard InChI is InChI=1S/C21H28O3/c1-16(13-20(22)23)18-5-7-19(8-6-18)24-15-17-9-12-21(14-17)10-3-2-4-11-21/h5-9,16H,2-4,10-15H2,1H3,(H,22,23)/t16-/m0/s1. The predicted molar refractivity (Wildman–Crippen MR) is 95.4 cm³/mol. The molecule has 0 amide bonds. The highest BCUT2D eigenvalue weighted by atomic mass is 16.5. The van der Waals surface area contributed by atoms with Crippen molar-refractivity contribution in [3.8, 4) is 5.75 Å². The molecule has 130 valence electrons. The minimum atomic E-state index is -0.757. The first kappa shape index (κ1) is 17.1. The molecular weight excluding hydrogens is 300 g/mol. The van der Waals surface area contributed by atoms with E-state index >= 15 is 0 Å². The second-order valence-corrected chi connectivity index (χ2v) is 7.66.